The van der Waals surface area contributed by atoms with Crippen molar-refractivity contribution >= 4 is 17.5 Å². The van der Waals surface area contributed by atoms with Gasteiger partial charge in [-0.05, 0) is 35.9 Å². The number of anilines is 1. The maximum atomic E-state index is 12.7. The molecule has 136 valence electrons. The molecule has 2 amide bonds. The van der Waals surface area contributed by atoms with Crippen LogP contribution >= 0.6 is 0 Å². The highest BCUT2D eigenvalue weighted by atomic mass is 19.4. The normalized spacial score (nSPS) is 12.6. The molecule has 0 bridgehead atoms. The molecule has 2 aromatic carbocycles. The SMILES string of the molecule is O=C(NCc1ccc2c(c1)OCO2)C(=O)Nc1cccc(C(F)(F)F)c1. The first-order chi connectivity index (χ1) is 12.3. The number of benzene rings is 2. The van der Waals surface area contributed by atoms with Crippen LogP contribution in [0.2, 0.25) is 0 Å². The lowest BCUT2D eigenvalue weighted by atomic mass is 10.2. The molecule has 0 spiro atoms. The van der Waals surface area contributed by atoms with Crippen molar-refractivity contribution in [2.75, 3.05) is 12.1 Å². The number of carbonyl (C=O) groups excluding carboxylic acids is 2. The molecule has 3 rings (SSSR count). The van der Waals surface area contributed by atoms with E-state index in [0.717, 1.165) is 18.2 Å². The van der Waals surface area contributed by atoms with Crippen LogP contribution in [0.3, 0.4) is 0 Å². The molecule has 1 aliphatic heterocycles. The fraction of sp³-hybridized carbons (Fsp3) is 0.176. The lowest BCUT2D eigenvalue weighted by Crippen LogP contribution is -2.35. The number of hydrogen-bond donors (Lipinski definition) is 2. The van der Waals surface area contributed by atoms with Crippen molar-refractivity contribution in [1.82, 2.24) is 5.32 Å². The Bertz CT molecular complexity index is 852. The van der Waals surface area contributed by atoms with Crippen molar-refractivity contribution in [1.29, 1.82) is 0 Å². The molecule has 9 heteroatoms. The van der Waals surface area contributed by atoms with Crippen LogP contribution < -0.4 is 20.1 Å². The lowest BCUT2D eigenvalue weighted by Gasteiger charge is -2.10. The van der Waals surface area contributed by atoms with Crippen LogP contribution in [-0.4, -0.2) is 18.6 Å². The zero-order valence-electron chi connectivity index (χ0n) is 13.2. The average molecular weight is 366 g/mol. The van der Waals surface area contributed by atoms with Crippen LogP contribution in [0.4, 0.5) is 18.9 Å². The molecule has 26 heavy (non-hydrogen) atoms. The van der Waals surface area contributed by atoms with Gasteiger partial charge in [-0.1, -0.05) is 12.1 Å². The van der Waals surface area contributed by atoms with Crippen LogP contribution in [0.1, 0.15) is 11.1 Å². The smallest absolute Gasteiger partial charge is 0.416 e. The summed E-state index contributed by atoms with van der Waals surface area (Å²) >= 11 is 0. The summed E-state index contributed by atoms with van der Waals surface area (Å²) in [7, 11) is 0. The molecule has 0 unspecified atom stereocenters. The topological polar surface area (TPSA) is 76.7 Å². The minimum atomic E-state index is -4.54. The number of carbonyl (C=O) groups is 2. The second-order valence-corrected chi connectivity index (χ2v) is 5.40. The maximum absolute atomic E-state index is 12.7. The van der Waals surface area contributed by atoms with Crippen LogP contribution in [0.25, 0.3) is 0 Å². The molecule has 6 nitrogen and oxygen atoms in total. The highest BCUT2D eigenvalue weighted by Crippen LogP contribution is 2.32. The molecule has 1 heterocycles. The number of fused-ring (bicyclic) bond motifs is 1. The Hall–Kier alpha value is -3.23. The van der Waals surface area contributed by atoms with Crippen LogP contribution in [0.5, 0.6) is 11.5 Å². The highest BCUT2D eigenvalue weighted by Gasteiger charge is 2.30. The third-order valence-corrected chi connectivity index (χ3v) is 3.54. The Morgan fingerprint density at radius 1 is 1.00 bits per heavy atom. The Labute approximate surface area is 145 Å². The fourth-order valence-electron chi connectivity index (χ4n) is 2.27. The van der Waals surface area contributed by atoms with E-state index in [9.17, 15) is 22.8 Å². The number of rotatable bonds is 3. The standard InChI is InChI=1S/C17H13F3N2O4/c18-17(19,20)11-2-1-3-12(7-11)22-16(24)15(23)21-8-10-4-5-13-14(6-10)26-9-25-13/h1-7H,8-9H2,(H,21,23)(H,22,24). The molecule has 0 fully saturated rings. The number of ether oxygens (including phenoxy) is 2. The zero-order valence-corrected chi connectivity index (χ0v) is 13.2. The quantitative estimate of drug-likeness (QED) is 0.819. The van der Waals surface area contributed by atoms with Gasteiger partial charge in [0.25, 0.3) is 0 Å². The summed E-state index contributed by atoms with van der Waals surface area (Å²) in [6, 6.07) is 9.05. The van der Waals surface area contributed by atoms with Gasteiger partial charge in [-0.15, -0.1) is 0 Å². The molecule has 0 aliphatic carbocycles. The molecular weight excluding hydrogens is 353 g/mol. The number of halogens is 3. The van der Waals surface area contributed by atoms with E-state index >= 15 is 0 Å². The van der Waals surface area contributed by atoms with E-state index in [1.54, 1.807) is 18.2 Å². The molecule has 0 saturated heterocycles. The summed E-state index contributed by atoms with van der Waals surface area (Å²) in [5.41, 5.74) is -0.367. The maximum Gasteiger partial charge on any atom is 0.416 e. The molecule has 0 radical (unpaired) electrons. The summed E-state index contributed by atoms with van der Waals surface area (Å²) in [6.07, 6.45) is -4.54. The number of nitrogens with one attached hydrogen (secondary N) is 2. The zero-order chi connectivity index (χ0) is 18.7. The second kappa shape index (κ2) is 6.95. The first kappa shape index (κ1) is 17.6. The number of amides is 2. The van der Waals surface area contributed by atoms with Gasteiger partial charge in [0.05, 0.1) is 5.56 Å². The summed E-state index contributed by atoms with van der Waals surface area (Å²) in [4.78, 5) is 23.7. The van der Waals surface area contributed by atoms with Crippen molar-refractivity contribution in [3.05, 3.63) is 53.6 Å². The summed E-state index contributed by atoms with van der Waals surface area (Å²) in [6.45, 7) is 0.163. The van der Waals surface area contributed by atoms with E-state index in [0.29, 0.717) is 17.1 Å². The Kier molecular flexibility index (Phi) is 4.70. The first-order valence-corrected chi connectivity index (χ1v) is 7.48. The van der Waals surface area contributed by atoms with Crippen LogP contribution in [0.15, 0.2) is 42.5 Å². The summed E-state index contributed by atoms with van der Waals surface area (Å²) < 4.78 is 48.3. The van der Waals surface area contributed by atoms with E-state index in [1.165, 1.54) is 6.07 Å². The third kappa shape index (κ3) is 4.05. The third-order valence-electron chi connectivity index (χ3n) is 3.54. The minimum Gasteiger partial charge on any atom is -0.454 e. The van der Waals surface area contributed by atoms with E-state index < -0.39 is 23.6 Å². The summed E-state index contributed by atoms with van der Waals surface area (Å²) in [5, 5.41) is 4.52. The number of alkyl halides is 3. The monoisotopic (exact) mass is 366 g/mol. The van der Waals surface area contributed by atoms with Gasteiger partial charge < -0.3 is 20.1 Å². The molecule has 0 aromatic heterocycles. The average Bonchev–Trinajstić information content (AvgIpc) is 3.06. The van der Waals surface area contributed by atoms with Crippen LogP contribution in [0, 0.1) is 0 Å². The molecule has 1 aliphatic rings. The van der Waals surface area contributed by atoms with Gasteiger partial charge in [0.2, 0.25) is 6.79 Å². The lowest BCUT2D eigenvalue weighted by molar-refractivity contribution is -0.137. The Balaban J connectivity index is 1.57. The molecule has 2 N–H and O–H groups in total. The van der Waals surface area contributed by atoms with Gasteiger partial charge in [-0.25, -0.2) is 0 Å². The molecule has 2 aromatic rings. The Morgan fingerprint density at radius 3 is 2.54 bits per heavy atom. The first-order valence-electron chi connectivity index (χ1n) is 7.48. The van der Waals surface area contributed by atoms with Crippen molar-refractivity contribution in [3.63, 3.8) is 0 Å². The van der Waals surface area contributed by atoms with Crippen LogP contribution in [-0.2, 0) is 22.3 Å². The van der Waals surface area contributed by atoms with Gasteiger partial charge in [-0.2, -0.15) is 13.2 Å². The van der Waals surface area contributed by atoms with Crippen molar-refractivity contribution in [2.24, 2.45) is 0 Å². The predicted octanol–water partition coefficient (Wildman–Crippen LogP) is 2.69. The fourth-order valence-corrected chi connectivity index (χ4v) is 2.27. The van der Waals surface area contributed by atoms with E-state index in [-0.39, 0.29) is 19.0 Å². The van der Waals surface area contributed by atoms with Crippen molar-refractivity contribution in [3.8, 4) is 11.5 Å². The molecular formula is C17H13F3N2O4. The van der Waals surface area contributed by atoms with Crippen molar-refractivity contribution < 1.29 is 32.2 Å². The Morgan fingerprint density at radius 2 is 1.77 bits per heavy atom. The molecule has 0 atom stereocenters. The van der Waals surface area contributed by atoms with Gasteiger partial charge in [-0.3, -0.25) is 9.59 Å². The van der Waals surface area contributed by atoms with Gasteiger partial charge in [0.15, 0.2) is 11.5 Å². The minimum absolute atomic E-state index is 0.0471. The molecule has 0 saturated carbocycles. The highest BCUT2D eigenvalue weighted by molar-refractivity contribution is 6.39. The van der Waals surface area contributed by atoms with Crippen molar-refractivity contribution in [2.45, 2.75) is 12.7 Å². The largest absolute Gasteiger partial charge is 0.454 e. The predicted molar refractivity (Wildman–Crippen MR) is 84.5 cm³/mol. The van der Waals surface area contributed by atoms with E-state index in [1.807, 2.05) is 0 Å². The number of hydrogen-bond acceptors (Lipinski definition) is 4. The van der Waals surface area contributed by atoms with E-state index in [2.05, 4.69) is 10.6 Å². The second-order valence-electron chi connectivity index (χ2n) is 5.40. The van der Waals surface area contributed by atoms with Gasteiger partial charge in [0, 0.05) is 12.2 Å². The van der Waals surface area contributed by atoms with E-state index in [4.69, 9.17) is 9.47 Å². The van der Waals surface area contributed by atoms with Gasteiger partial charge in [0.1, 0.15) is 0 Å². The summed E-state index contributed by atoms with van der Waals surface area (Å²) in [5.74, 6) is -0.919. The van der Waals surface area contributed by atoms with Gasteiger partial charge >= 0.3 is 18.0 Å².